The summed E-state index contributed by atoms with van der Waals surface area (Å²) in [6, 6.07) is 9.62. The summed E-state index contributed by atoms with van der Waals surface area (Å²) in [6.45, 7) is 6.48. The number of hydrogen-bond donors (Lipinski definition) is 0. The molecule has 1 aliphatic carbocycles. The van der Waals surface area contributed by atoms with Gasteiger partial charge < -0.3 is 9.47 Å². The van der Waals surface area contributed by atoms with Gasteiger partial charge in [0.25, 0.3) is 0 Å². The molecule has 0 saturated heterocycles. The fraction of sp³-hybridized carbons (Fsp3) is 0.565. The molecule has 3 rings (SSSR count). The Balaban J connectivity index is 1.75. The van der Waals surface area contributed by atoms with Crippen LogP contribution in [0.2, 0.25) is 0 Å². The lowest BCUT2D eigenvalue weighted by molar-refractivity contribution is -0.221. The van der Waals surface area contributed by atoms with Crippen LogP contribution in [-0.4, -0.2) is 26.5 Å². The molecule has 0 spiro atoms. The highest BCUT2D eigenvalue weighted by Crippen LogP contribution is 2.51. The zero-order chi connectivity index (χ0) is 21.9. The van der Waals surface area contributed by atoms with Crippen LogP contribution in [0.25, 0.3) is 0 Å². The molecule has 4 atom stereocenters. The molecule has 0 N–H and O–H groups in total. The number of alkyl halides is 3. The van der Waals surface area contributed by atoms with Crippen LogP contribution in [0.1, 0.15) is 57.5 Å². The van der Waals surface area contributed by atoms with Crippen molar-refractivity contribution in [2.24, 2.45) is 17.8 Å². The second-order valence-corrected chi connectivity index (χ2v) is 8.33. The molecule has 0 radical (unpaired) electrons. The van der Waals surface area contributed by atoms with E-state index in [0.717, 1.165) is 5.56 Å². The molecular formula is C23H30F3N3O. The van der Waals surface area contributed by atoms with Gasteiger partial charge in [-0.2, -0.15) is 13.2 Å². The number of halogens is 3. The van der Waals surface area contributed by atoms with Crippen LogP contribution in [-0.2, 0) is 17.9 Å². The van der Waals surface area contributed by atoms with E-state index in [9.17, 15) is 18.0 Å². The maximum atomic E-state index is 13.2. The fourth-order valence-corrected chi connectivity index (χ4v) is 4.44. The predicted molar refractivity (Wildman–Crippen MR) is 109 cm³/mol. The molecule has 164 valence electrons. The average molecular weight is 422 g/mol. The monoisotopic (exact) mass is 421 g/mol. The Bertz CT molecular complexity index is 834. The maximum absolute atomic E-state index is 13.2. The lowest BCUT2D eigenvalue weighted by Crippen LogP contribution is -2.43. The zero-order valence-corrected chi connectivity index (χ0v) is 17.8. The molecule has 2 aromatic rings. The van der Waals surface area contributed by atoms with Crippen molar-refractivity contribution in [3.05, 3.63) is 54.1 Å². The number of carbonyl (C=O) groups excluding carboxylic acids is 1. The van der Waals surface area contributed by atoms with Crippen LogP contribution in [0, 0.1) is 17.8 Å². The van der Waals surface area contributed by atoms with Gasteiger partial charge >= 0.3 is 6.18 Å². The topological polar surface area (TPSA) is 38.1 Å². The zero-order valence-electron chi connectivity index (χ0n) is 17.8. The van der Waals surface area contributed by atoms with Crippen molar-refractivity contribution >= 4 is 5.91 Å². The molecule has 1 aromatic carbocycles. The highest BCUT2D eigenvalue weighted by molar-refractivity contribution is 5.75. The van der Waals surface area contributed by atoms with Crippen LogP contribution in [0.5, 0.6) is 0 Å². The minimum atomic E-state index is -4.13. The quantitative estimate of drug-likeness (QED) is 0.556. The fourth-order valence-electron chi connectivity index (χ4n) is 4.44. The summed E-state index contributed by atoms with van der Waals surface area (Å²) in [7, 11) is 0. The van der Waals surface area contributed by atoms with E-state index in [4.69, 9.17) is 0 Å². The minimum Gasteiger partial charge on any atom is -0.331 e. The van der Waals surface area contributed by atoms with Crippen LogP contribution >= 0.6 is 0 Å². The molecular weight excluding hydrogens is 391 g/mol. The summed E-state index contributed by atoms with van der Waals surface area (Å²) in [5.41, 5.74) is 1.03. The third-order valence-electron chi connectivity index (χ3n) is 6.58. The van der Waals surface area contributed by atoms with Gasteiger partial charge in [-0.3, -0.25) is 4.79 Å². The van der Waals surface area contributed by atoms with Crippen molar-refractivity contribution in [1.29, 1.82) is 0 Å². The third kappa shape index (κ3) is 4.87. The van der Waals surface area contributed by atoms with Gasteiger partial charge in [0, 0.05) is 31.4 Å². The van der Waals surface area contributed by atoms with Crippen molar-refractivity contribution in [2.45, 2.75) is 65.3 Å². The summed E-state index contributed by atoms with van der Waals surface area (Å²) >= 11 is 0. The molecule has 1 heterocycles. The Labute approximate surface area is 176 Å². The molecule has 0 aliphatic heterocycles. The van der Waals surface area contributed by atoms with Crippen molar-refractivity contribution < 1.29 is 18.0 Å². The van der Waals surface area contributed by atoms with Gasteiger partial charge in [0.15, 0.2) is 0 Å². The number of benzene rings is 1. The summed E-state index contributed by atoms with van der Waals surface area (Å²) in [4.78, 5) is 18.7. The second kappa shape index (κ2) is 9.23. The van der Waals surface area contributed by atoms with E-state index in [0.29, 0.717) is 31.8 Å². The van der Waals surface area contributed by atoms with E-state index in [1.807, 2.05) is 61.9 Å². The van der Waals surface area contributed by atoms with Gasteiger partial charge in [-0.15, -0.1) is 0 Å². The van der Waals surface area contributed by atoms with Crippen LogP contribution in [0.4, 0.5) is 13.2 Å². The smallest absolute Gasteiger partial charge is 0.331 e. The molecule has 1 unspecified atom stereocenters. The summed E-state index contributed by atoms with van der Waals surface area (Å²) < 4.78 is 41.7. The SMILES string of the molecule is CCC(=O)N(Cc1ccccc1)Cc1nccn1[C@H](C)[C@@H](C)[C@H]1CCC1C(F)(F)F. The van der Waals surface area contributed by atoms with Gasteiger partial charge in [0.2, 0.25) is 5.91 Å². The highest BCUT2D eigenvalue weighted by Gasteiger charge is 2.52. The first-order chi connectivity index (χ1) is 14.2. The van der Waals surface area contributed by atoms with Crippen LogP contribution in [0.3, 0.4) is 0 Å². The van der Waals surface area contributed by atoms with E-state index < -0.39 is 12.1 Å². The van der Waals surface area contributed by atoms with Gasteiger partial charge in [0.05, 0.1) is 12.5 Å². The summed E-state index contributed by atoms with van der Waals surface area (Å²) in [5, 5.41) is 0. The number of rotatable bonds is 8. The molecule has 7 heteroatoms. The van der Waals surface area contributed by atoms with Gasteiger partial charge in [-0.25, -0.2) is 4.98 Å². The lowest BCUT2D eigenvalue weighted by atomic mass is 9.65. The van der Waals surface area contributed by atoms with E-state index in [1.54, 1.807) is 11.1 Å². The lowest BCUT2D eigenvalue weighted by Gasteiger charge is -2.44. The third-order valence-corrected chi connectivity index (χ3v) is 6.58. The van der Waals surface area contributed by atoms with Crippen molar-refractivity contribution in [2.75, 3.05) is 0 Å². The highest BCUT2D eigenvalue weighted by atomic mass is 19.4. The standard InChI is InChI=1S/C23H30F3N3O/c1-4-22(30)28(14-18-8-6-5-7-9-18)15-21-27-12-13-29(21)17(3)16(2)19-10-11-20(19)23(24,25)26/h5-9,12-13,16-17,19-20H,4,10-11,14-15H2,1-3H3/t16-,17-,19-,20?/m1/s1. The van der Waals surface area contributed by atoms with Gasteiger partial charge in [-0.05, 0) is 37.2 Å². The number of aromatic nitrogens is 2. The second-order valence-electron chi connectivity index (χ2n) is 8.33. The number of carbonyl (C=O) groups is 1. The van der Waals surface area contributed by atoms with Crippen molar-refractivity contribution in [3.63, 3.8) is 0 Å². The summed E-state index contributed by atoms with van der Waals surface area (Å²) in [5.74, 6) is -0.992. The molecule has 1 aliphatic rings. The largest absolute Gasteiger partial charge is 0.392 e. The first-order valence-corrected chi connectivity index (χ1v) is 10.6. The normalized spacial score (nSPS) is 21.0. The Hall–Kier alpha value is -2.31. The molecule has 4 nitrogen and oxygen atoms in total. The Morgan fingerprint density at radius 1 is 1.20 bits per heavy atom. The first-order valence-electron chi connectivity index (χ1n) is 10.6. The number of imidazole rings is 1. The first kappa shape index (κ1) is 22.4. The molecule has 1 fully saturated rings. The Morgan fingerprint density at radius 2 is 1.90 bits per heavy atom. The number of amides is 1. The van der Waals surface area contributed by atoms with E-state index in [1.165, 1.54) is 0 Å². The van der Waals surface area contributed by atoms with Crippen molar-refractivity contribution in [3.8, 4) is 0 Å². The summed E-state index contributed by atoms with van der Waals surface area (Å²) in [6.07, 6.45) is 0.558. The maximum Gasteiger partial charge on any atom is 0.392 e. The van der Waals surface area contributed by atoms with Crippen LogP contribution < -0.4 is 0 Å². The molecule has 1 saturated carbocycles. The number of nitrogens with zero attached hydrogens (tertiary/aromatic N) is 3. The van der Waals surface area contributed by atoms with E-state index in [2.05, 4.69) is 4.98 Å². The molecule has 0 bridgehead atoms. The van der Waals surface area contributed by atoms with Crippen LogP contribution in [0.15, 0.2) is 42.7 Å². The molecule has 1 aromatic heterocycles. The molecule has 1 amide bonds. The Morgan fingerprint density at radius 3 is 2.47 bits per heavy atom. The number of hydrogen-bond acceptors (Lipinski definition) is 2. The Kier molecular flexibility index (Phi) is 6.88. The van der Waals surface area contributed by atoms with E-state index in [-0.39, 0.29) is 30.2 Å². The average Bonchev–Trinajstić information content (AvgIpc) is 3.12. The van der Waals surface area contributed by atoms with Crippen molar-refractivity contribution in [1.82, 2.24) is 14.5 Å². The predicted octanol–water partition coefficient (Wildman–Crippen LogP) is 5.61. The molecule has 30 heavy (non-hydrogen) atoms. The van der Waals surface area contributed by atoms with Gasteiger partial charge in [0.1, 0.15) is 5.82 Å². The minimum absolute atomic E-state index is 0.0187. The van der Waals surface area contributed by atoms with Gasteiger partial charge in [-0.1, -0.05) is 44.2 Å². The van der Waals surface area contributed by atoms with E-state index >= 15 is 0 Å².